The molecular formula is C23H21N3O3S. The van der Waals surface area contributed by atoms with Gasteiger partial charge in [-0.1, -0.05) is 36.4 Å². The lowest BCUT2D eigenvalue weighted by Gasteiger charge is -2.32. The molecule has 152 valence electrons. The van der Waals surface area contributed by atoms with E-state index in [0.717, 1.165) is 28.3 Å². The zero-order valence-electron chi connectivity index (χ0n) is 16.6. The molecule has 1 atom stereocenters. The fourth-order valence-electron chi connectivity index (χ4n) is 4.33. The first-order valence-corrected chi connectivity index (χ1v) is 10.8. The van der Waals surface area contributed by atoms with Crippen molar-refractivity contribution in [2.75, 3.05) is 7.11 Å². The minimum absolute atomic E-state index is 0.158. The van der Waals surface area contributed by atoms with E-state index in [0.29, 0.717) is 18.5 Å². The van der Waals surface area contributed by atoms with Crippen molar-refractivity contribution < 1.29 is 14.3 Å². The Kier molecular flexibility index (Phi) is 4.55. The van der Waals surface area contributed by atoms with E-state index in [4.69, 9.17) is 4.74 Å². The van der Waals surface area contributed by atoms with Crippen LogP contribution in [0.25, 0.3) is 10.6 Å². The van der Waals surface area contributed by atoms with Crippen LogP contribution in [-0.2, 0) is 24.2 Å². The van der Waals surface area contributed by atoms with Crippen LogP contribution in [0.2, 0.25) is 0 Å². The highest BCUT2D eigenvalue weighted by Crippen LogP contribution is 2.35. The number of amides is 3. The van der Waals surface area contributed by atoms with Crippen LogP contribution in [0, 0.1) is 0 Å². The molecule has 0 radical (unpaired) electrons. The molecule has 1 unspecified atom stereocenters. The third-order valence-corrected chi connectivity index (χ3v) is 6.81. The number of imide groups is 1. The van der Waals surface area contributed by atoms with Crippen molar-refractivity contribution in [3.05, 3.63) is 70.7 Å². The second kappa shape index (κ2) is 7.25. The van der Waals surface area contributed by atoms with Crippen LogP contribution >= 0.6 is 11.3 Å². The summed E-state index contributed by atoms with van der Waals surface area (Å²) in [5.41, 5.74) is 3.13. The smallest absolute Gasteiger partial charge is 0.325 e. The Morgan fingerprint density at radius 2 is 1.90 bits per heavy atom. The lowest BCUT2D eigenvalue weighted by molar-refractivity contribution is -0.132. The number of methoxy groups -OCH3 is 1. The molecule has 1 saturated heterocycles. The van der Waals surface area contributed by atoms with Crippen LogP contribution in [0.4, 0.5) is 4.79 Å². The van der Waals surface area contributed by atoms with E-state index >= 15 is 0 Å². The van der Waals surface area contributed by atoms with Gasteiger partial charge in [-0.3, -0.25) is 9.69 Å². The Hall–Kier alpha value is -3.19. The molecule has 1 N–H and O–H groups in total. The number of nitrogens with one attached hydrogen (secondary N) is 1. The Balaban J connectivity index is 1.37. The Bertz CT molecular complexity index is 1140. The third kappa shape index (κ3) is 3.06. The fourth-order valence-corrected chi connectivity index (χ4v) is 5.17. The molecule has 7 heteroatoms. The van der Waals surface area contributed by atoms with E-state index in [9.17, 15) is 9.59 Å². The second-order valence-electron chi connectivity index (χ2n) is 7.69. The Morgan fingerprint density at radius 1 is 1.13 bits per heavy atom. The summed E-state index contributed by atoms with van der Waals surface area (Å²) in [6.45, 7) is 0.166. The van der Waals surface area contributed by atoms with Gasteiger partial charge in [0.25, 0.3) is 5.91 Å². The highest BCUT2D eigenvalue weighted by Gasteiger charge is 2.52. The molecule has 3 amide bonds. The minimum atomic E-state index is -0.840. The number of carbonyl (C=O) groups excluding carboxylic acids is 2. The van der Waals surface area contributed by atoms with E-state index < -0.39 is 5.54 Å². The normalized spacial score (nSPS) is 20.4. The van der Waals surface area contributed by atoms with Gasteiger partial charge in [0.2, 0.25) is 0 Å². The van der Waals surface area contributed by atoms with Gasteiger partial charge in [-0.05, 0) is 36.1 Å². The van der Waals surface area contributed by atoms with Gasteiger partial charge in [-0.25, -0.2) is 9.78 Å². The molecule has 2 heterocycles. The van der Waals surface area contributed by atoms with E-state index in [2.05, 4.69) is 16.4 Å². The fraction of sp³-hybridized carbons (Fsp3) is 0.261. The number of thiazole rings is 1. The van der Waals surface area contributed by atoms with E-state index in [1.807, 2.05) is 47.8 Å². The number of fused-ring (bicyclic) bond motifs is 1. The summed E-state index contributed by atoms with van der Waals surface area (Å²) in [5, 5.41) is 5.67. The third-order valence-electron chi connectivity index (χ3n) is 5.89. The lowest BCUT2D eigenvalue weighted by Crippen LogP contribution is -2.51. The van der Waals surface area contributed by atoms with Crippen molar-refractivity contribution >= 4 is 23.3 Å². The molecule has 1 fully saturated rings. The SMILES string of the molecule is COc1ccccc1-c1nc(CN2C(=O)NC3(CCc4ccccc4C3)C2=O)cs1. The highest BCUT2D eigenvalue weighted by molar-refractivity contribution is 7.13. The first-order valence-electron chi connectivity index (χ1n) is 9.88. The predicted octanol–water partition coefficient (Wildman–Crippen LogP) is 3.80. The molecule has 1 spiro atoms. The number of nitrogens with zero attached hydrogens (tertiary/aromatic N) is 2. The van der Waals surface area contributed by atoms with Gasteiger partial charge in [-0.2, -0.15) is 0 Å². The number of ether oxygens (including phenoxy) is 1. The minimum Gasteiger partial charge on any atom is -0.496 e. The van der Waals surface area contributed by atoms with Crippen LogP contribution in [0.15, 0.2) is 53.9 Å². The molecule has 30 heavy (non-hydrogen) atoms. The topological polar surface area (TPSA) is 71.5 Å². The summed E-state index contributed by atoms with van der Waals surface area (Å²) in [6, 6.07) is 15.5. The van der Waals surface area contributed by atoms with E-state index in [-0.39, 0.29) is 18.5 Å². The maximum atomic E-state index is 13.3. The van der Waals surface area contributed by atoms with E-state index in [1.165, 1.54) is 21.8 Å². The number of benzene rings is 2. The molecular weight excluding hydrogens is 398 g/mol. The molecule has 1 aromatic heterocycles. The number of hydrogen-bond acceptors (Lipinski definition) is 5. The standard InChI is InChI=1S/C23H21N3O3S/c1-29-19-9-5-4-8-18(19)20-24-17(14-30-20)13-26-21(27)23(25-22(26)28)11-10-15-6-2-3-7-16(15)12-23/h2-9,14H,10-13H2,1H3,(H,25,28). The molecule has 2 aromatic carbocycles. The summed E-state index contributed by atoms with van der Waals surface area (Å²) >= 11 is 1.47. The molecule has 1 aliphatic carbocycles. The van der Waals surface area contributed by atoms with Gasteiger partial charge in [0.1, 0.15) is 16.3 Å². The number of aromatic nitrogens is 1. The number of hydrogen-bond donors (Lipinski definition) is 1. The maximum absolute atomic E-state index is 13.3. The summed E-state index contributed by atoms with van der Waals surface area (Å²) in [6.07, 6.45) is 1.94. The highest BCUT2D eigenvalue weighted by atomic mass is 32.1. The molecule has 3 aromatic rings. The van der Waals surface area contributed by atoms with Crippen LogP contribution in [0.3, 0.4) is 0 Å². The molecule has 1 aliphatic heterocycles. The van der Waals surface area contributed by atoms with Gasteiger partial charge in [-0.15, -0.1) is 11.3 Å². The van der Waals surface area contributed by atoms with Crippen LogP contribution < -0.4 is 10.1 Å². The summed E-state index contributed by atoms with van der Waals surface area (Å²) in [7, 11) is 1.63. The largest absolute Gasteiger partial charge is 0.496 e. The number of aryl methyl sites for hydroxylation is 1. The molecule has 2 aliphatic rings. The monoisotopic (exact) mass is 419 g/mol. The summed E-state index contributed by atoms with van der Waals surface area (Å²) < 4.78 is 5.42. The average molecular weight is 420 g/mol. The maximum Gasteiger partial charge on any atom is 0.325 e. The van der Waals surface area contributed by atoms with Crippen molar-refractivity contribution in [2.45, 2.75) is 31.3 Å². The number of rotatable bonds is 4. The average Bonchev–Trinajstić information content (AvgIpc) is 3.33. The zero-order valence-corrected chi connectivity index (χ0v) is 17.4. The van der Waals surface area contributed by atoms with Gasteiger partial charge >= 0.3 is 6.03 Å². The Labute approximate surface area is 178 Å². The second-order valence-corrected chi connectivity index (χ2v) is 8.55. The molecule has 0 saturated carbocycles. The molecule has 6 nitrogen and oxygen atoms in total. The van der Waals surface area contributed by atoms with Gasteiger partial charge in [0.15, 0.2) is 0 Å². The van der Waals surface area contributed by atoms with Crippen molar-refractivity contribution in [1.29, 1.82) is 0 Å². The van der Waals surface area contributed by atoms with E-state index in [1.54, 1.807) is 7.11 Å². The lowest BCUT2D eigenvalue weighted by atomic mass is 9.78. The van der Waals surface area contributed by atoms with Crippen molar-refractivity contribution in [2.24, 2.45) is 0 Å². The predicted molar refractivity (Wildman–Crippen MR) is 114 cm³/mol. The summed E-state index contributed by atoms with van der Waals surface area (Å²) in [4.78, 5) is 31.9. The number of urea groups is 1. The van der Waals surface area contributed by atoms with Crippen LogP contribution in [-0.4, -0.2) is 34.5 Å². The number of para-hydroxylation sites is 1. The summed E-state index contributed by atoms with van der Waals surface area (Å²) in [5.74, 6) is 0.585. The van der Waals surface area contributed by atoms with Crippen molar-refractivity contribution in [3.8, 4) is 16.3 Å². The zero-order chi connectivity index (χ0) is 20.7. The van der Waals surface area contributed by atoms with Gasteiger partial charge < -0.3 is 10.1 Å². The van der Waals surface area contributed by atoms with Crippen LogP contribution in [0.1, 0.15) is 23.2 Å². The van der Waals surface area contributed by atoms with Crippen LogP contribution in [0.5, 0.6) is 5.75 Å². The quantitative estimate of drug-likeness (QED) is 0.653. The molecule has 0 bridgehead atoms. The Morgan fingerprint density at radius 3 is 2.73 bits per heavy atom. The first kappa shape index (κ1) is 18.8. The van der Waals surface area contributed by atoms with Gasteiger partial charge in [0, 0.05) is 11.8 Å². The van der Waals surface area contributed by atoms with Gasteiger partial charge in [0.05, 0.1) is 24.9 Å². The first-order chi connectivity index (χ1) is 14.6. The van der Waals surface area contributed by atoms with Crippen molar-refractivity contribution in [1.82, 2.24) is 15.2 Å². The van der Waals surface area contributed by atoms with Crippen molar-refractivity contribution in [3.63, 3.8) is 0 Å². The number of carbonyl (C=O) groups is 2. The molecule has 5 rings (SSSR count).